The van der Waals surface area contributed by atoms with Crippen molar-refractivity contribution in [3.8, 4) is 78.6 Å². The lowest BCUT2D eigenvalue weighted by Gasteiger charge is -2.22. The fourth-order valence-corrected chi connectivity index (χ4v) is 10.0. The Hall–Kier alpha value is -8.80. The zero-order valence-electron chi connectivity index (χ0n) is 38.2. The van der Waals surface area contributed by atoms with Gasteiger partial charge in [0.15, 0.2) is 0 Å². The number of aliphatic hydroxyl groups excluding tert-OH is 2. The molecule has 0 spiro atoms. The Kier molecular flexibility index (Phi) is 11.2. The van der Waals surface area contributed by atoms with Crippen molar-refractivity contribution in [3.05, 3.63) is 254 Å². The predicted octanol–water partition coefficient (Wildman–Crippen LogP) is 17.2. The van der Waals surface area contributed by atoms with E-state index in [2.05, 4.69) is 170 Å². The summed E-state index contributed by atoms with van der Waals surface area (Å²) in [4.78, 5) is 0. The highest BCUT2D eigenvalue weighted by atomic mass is 16.5. The van der Waals surface area contributed by atoms with Crippen LogP contribution >= 0.6 is 0 Å². The first-order valence-electron chi connectivity index (χ1n) is 23.6. The first kappa shape index (κ1) is 42.5. The van der Waals surface area contributed by atoms with Gasteiger partial charge in [0.25, 0.3) is 0 Å². The molecule has 0 heterocycles. The number of ether oxygens (including phenoxy) is 2. The van der Waals surface area contributed by atoms with Crippen LogP contribution in [0, 0.1) is 0 Å². The van der Waals surface area contributed by atoms with Gasteiger partial charge >= 0.3 is 0 Å². The summed E-state index contributed by atoms with van der Waals surface area (Å²) >= 11 is 0. The molecular formula is C66H46O4. The lowest BCUT2D eigenvalue weighted by Crippen LogP contribution is -1.98. The molecule has 0 saturated heterocycles. The van der Waals surface area contributed by atoms with Crippen LogP contribution in [0.1, 0.15) is 11.1 Å². The molecule has 12 aromatic carbocycles. The quantitative estimate of drug-likeness (QED) is 0.136. The maximum Gasteiger partial charge on any atom is 0.136 e. The minimum atomic E-state index is -0.0951. The second-order valence-electron chi connectivity index (χ2n) is 17.7. The Balaban J connectivity index is 1.13. The molecule has 12 aromatic rings. The maximum atomic E-state index is 10.3. The number of fused-ring (bicyclic) bond motifs is 4. The summed E-state index contributed by atoms with van der Waals surface area (Å²) in [5.41, 5.74) is 11.6. The highest BCUT2D eigenvalue weighted by Crippen LogP contribution is 2.50. The lowest BCUT2D eigenvalue weighted by molar-refractivity contribution is 0.281. The van der Waals surface area contributed by atoms with Crippen molar-refractivity contribution in [2.24, 2.45) is 0 Å². The van der Waals surface area contributed by atoms with Crippen LogP contribution in [0.3, 0.4) is 0 Å². The maximum absolute atomic E-state index is 10.3. The molecule has 0 unspecified atom stereocenters. The van der Waals surface area contributed by atoms with E-state index in [0.29, 0.717) is 23.0 Å². The number of rotatable bonds is 11. The van der Waals surface area contributed by atoms with Crippen LogP contribution in [0.15, 0.2) is 243 Å². The number of aliphatic hydroxyl groups is 2. The van der Waals surface area contributed by atoms with E-state index in [1.165, 1.54) is 21.5 Å². The fourth-order valence-electron chi connectivity index (χ4n) is 10.0. The molecule has 0 aliphatic rings. The van der Waals surface area contributed by atoms with Crippen LogP contribution in [0.4, 0.5) is 0 Å². The Bertz CT molecular complexity index is 3650. The van der Waals surface area contributed by atoms with E-state index in [4.69, 9.17) is 9.47 Å². The molecule has 12 rings (SSSR count). The third-order valence-electron chi connectivity index (χ3n) is 13.5. The number of hydrogen-bond donors (Lipinski definition) is 2. The van der Waals surface area contributed by atoms with Gasteiger partial charge in [0.1, 0.15) is 23.0 Å². The highest BCUT2D eigenvalue weighted by molar-refractivity contribution is 6.12. The molecule has 2 N–H and O–H groups in total. The Labute approximate surface area is 406 Å². The molecule has 0 aromatic heterocycles. The summed E-state index contributed by atoms with van der Waals surface area (Å²) in [7, 11) is 0. The summed E-state index contributed by atoms with van der Waals surface area (Å²) in [6.45, 7) is -0.190. The highest BCUT2D eigenvalue weighted by Gasteiger charge is 2.23. The molecule has 334 valence electrons. The van der Waals surface area contributed by atoms with Crippen LogP contribution in [-0.4, -0.2) is 10.2 Å². The van der Waals surface area contributed by atoms with Gasteiger partial charge in [-0.3, -0.25) is 0 Å². The third kappa shape index (κ3) is 7.91. The molecule has 0 bridgehead atoms. The zero-order chi connectivity index (χ0) is 47.0. The molecule has 0 aliphatic heterocycles. The lowest BCUT2D eigenvalue weighted by atomic mass is 9.89. The molecule has 70 heavy (non-hydrogen) atoms. The van der Waals surface area contributed by atoms with Crippen molar-refractivity contribution in [2.45, 2.75) is 13.2 Å². The monoisotopic (exact) mass is 902 g/mol. The van der Waals surface area contributed by atoms with E-state index in [1.54, 1.807) is 0 Å². The Morgan fingerprint density at radius 1 is 0.257 bits per heavy atom. The average molecular weight is 903 g/mol. The van der Waals surface area contributed by atoms with Crippen LogP contribution in [-0.2, 0) is 13.2 Å². The molecule has 4 heteroatoms. The van der Waals surface area contributed by atoms with Crippen molar-refractivity contribution < 1.29 is 19.7 Å². The molecule has 0 radical (unpaired) electrons. The summed E-state index contributed by atoms with van der Waals surface area (Å²) in [6, 6.07) is 84.0. The normalized spacial score (nSPS) is 11.4. The molecule has 0 amide bonds. The van der Waals surface area contributed by atoms with E-state index in [1.807, 2.05) is 72.8 Å². The Morgan fingerprint density at radius 2 is 0.657 bits per heavy atom. The minimum absolute atomic E-state index is 0.0951. The van der Waals surface area contributed by atoms with Gasteiger partial charge in [-0.1, -0.05) is 194 Å². The second-order valence-corrected chi connectivity index (χ2v) is 17.7. The van der Waals surface area contributed by atoms with Crippen LogP contribution < -0.4 is 9.47 Å². The van der Waals surface area contributed by atoms with Crippen molar-refractivity contribution >= 4 is 43.1 Å². The summed E-state index contributed by atoms with van der Waals surface area (Å²) in [5, 5.41) is 29.5. The summed E-state index contributed by atoms with van der Waals surface area (Å²) in [5.74, 6) is 2.61. The minimum Gasteiger partial charge on any atom is -0.456 e. The smallest absolute Gasteiger partial charge is 0.136 e. The Morgan fingerprint density at radius 3 is 1.10 bits per heavy atom. The largest absolute Gasteiger partial charge is 0.456 e. The van der Waals surface area contributed by atoms with Gasteiger partial charge in [0.2, 0.25) is 0 Å². The van der Waals surface area contributed by atoms with Crippen LogP contribution in [0.25, 0.3) is 98.7 Å². The molecule has 0 aliphatic carbocycles. The topological polar surface area (TPSA) is 58.9 Å². The standard InChI is InChI=1S/C66H46O4/c67-41-43-25-33-61(59(37-43)47-13-3-1-4-14-47)69-63-35-29-51-39-49(55-23-11-19-45-17-7-9-21-53(45)55)27-31-57(51)65(63)66-58-32-28-50(56-24-12-20-46-18-8-10-22-54(46)56)40-52(58)30-36-64(66)70-62-34-26-44(42-68)38-60(62)48-15-5-2-6-16-48/h1-40,67-68H,41-42H2. The molecule has 4 nitrogen and oxygen atoms in total. The van der Waals surface area contributed by atoms with Crippen LogP contribution in [0.2, 0.25) is 0 Å². The van der Waals surface area contributed by atoms with Crippen LogP contribution in [0.5, 0.6) is 23.0 Å². The third-order valence-corrected chi connectivity index (χ3v) is 13.5. The SMILES string of the molecule is OCc1ccc(Oc2ccc3cc(-c4cccc5ccccc45)ccc3c2-c2c(Oc3ccc(CO)cc3-c3ccccc3)ccc3cc(-c4cccc5ccccc45)ccc23)c(-c2ccccc2)c1. The first-order valence-corrected chi connectivity index (χ1v) is 23.6. The molecule has 0 fully saturated rings. The predicted molar refractivity (Wildman–Crippen MR) is 289 cm³/mol. The van der Waals surface area contributed by atoms with Crippen molar-refractivity contribution in [1.82, 2.24) is 0 Å². The second kappa shape index (κ2) is 18.4. The molecule has 0 atom stereocenters. The summed E-state index contributed by atoms with van der Waals surface area (Å²) in [6.07, 6.45) is 0. The molecular weight excluding hydrogens is 857 g/mol. The van der Waals surface area contributed by atoms with Crippen molar-refractivity contribution in [1.29, 1.82) is 0 Å². The van der Waals surface area contributed by atoms with Gasteiger partial charge in [0, 0.05) is 22.3 Å². The zero-order valence-corrected chi connectivity index (χ0v) is 38.2. The van der Waals surface area contributed by atoms with Gasteiger partial charge in [0.05, 0.1) is 13.2 Å². The number of hydrogen-bond acceptors (Lipinski definition) is 4. The van der Waals surface area contributed by atoms with E-state index < -0.39 is 0 Å². The van der Waals surface area contributed by atoms with Gasteiger partial charge in [-0.05, 0) is 136 Å². The van der Waals surface area contributed by atoms with E-state index >= 15 is 0 Å². The van der Waals surface area contributed by atoms with Crippen molar-refractivity contribution in [2.75, 3.05) is 0 Å². The van der Waals surface area contributed by atoms with Gasteiger partial charge in [-0.25, -0.2) is 0 Å². The van der Waals surface area contributed by atoms with E-state index in [0.717, 1.165) is 88.3 Å². The van der Waals surface area contributed by atoms with Gasteiger partial charge in [-0.2, -0.15) is 0 Å². The summed E-state index contributed by atoms with van der Waals surface area (Å²) < 4.78 is 14.6. The van der Waals surface area contributed by atoms with E-state index in [-0.39, 0.29) is 13.2 Å². The van der Waals surface area contributed by atoms with E-state index in [9.17, 15) is 10.2 Å². The van der Waals surface area contributed by atoms with Crippen molar-refractivity contribution in [3.63, 3.8) is 0 Å². The molecule has 0 saturated carbocycles. The average Bonchev–Trinajstić information content (AvgIpc) is 3.43. The first-order chi connectivity index (χ1) is 34.6. The fraction of sp³-hybridized carbons (Fsp3) is 0.0303. The van der Waals surface area contributed by atoms with Gasteiger partial charge < -0.3 is 19.7 Å². The number of benzene rings is 12. The van der Waals surface area contributed by atoms with Gasteiger partial charge in [-0.15, -0.1) is 0 Å².